The molecule has 0 radical (unpaired) electrons. The second kappa shape index (κ2) is 6.71. The molecule has 2 amide bonds. The van der Waals surface area contributed by atoms with Gasteiger partial charge in [0, 0.05) is 36.2 Å². The zero-order valence-electron chi connectivity index (χ0n) is 16.1. The van der Waals surface area contributed by atoms with Gasteiger partial charge >= 0.3 is 0 Å². The normalized spacial score (nSPS) is 23.3. The highest BCUT2D eigenvalue weighted by Crippen LogP contribution is 2.46. The molecule has 0 bridgehead atoms. The van der Waals surface area contributed by atoms with Crippen LogP contribution in [0.5, 0.6) is 0 Å². The molecule has 7 heteroatoms. The van der Waals surface area contributed by atoms with Gasteiger partial charge in [0.05, 0.1) is 6.54 Å². The molecule has 3 aliphatic rings. The highest BCUT2D eigenvalue weighted by Gasteiger charge is 2.44. The van der Waals surface area contributed by atoms with Crippen molar-refractivity contribution in [1.82, 2.24) is 5.32 Å². The third-order valence-electron chi connectivity index (χ3n) is 6.24. The quantitative estimate of drug-likeness (QED) is 0.750. The molecule has 4 rings (SSSR count). The van der Waals surface area contributed by atoms with Gasteiger partial charge in [-0.3, -0.25) is 9.59 Å². The van der Waals surface area contributed by atoms with Gasteiger partial charge in [-0.05, 0) is 62.1 Å². The highest BCUT2D eigenvalue weighted by atomic mass is 19.3. The van der Waals surface area contributed by atoms with Crippen LogP contribution in [0.25, 0.3) is 0 Å². The van der Waals surface area contributed by atoms with Crippen LogP contribution in [0, 0.1) is 5.92 Å². The third-order valence-corrected chi connectivity index (χ3v) is 6.24. The summed E-state index contributed by atoms with van der Waals surface area (Å²) in [6.45, 7) is 1.84. The fourth-order valence-corrected chi connectivity index (χ4v) is 4.34. The van der Waals surface area contributed by atoms with E-state index in [0.717, 1.165) is 36.9 Å². The lowest BCUT2D eigenvalue weighted by atomic mass is 9.90. The Morgan fingerprint density at radius 1 is 1.29 bits per heavy atom. The van der Waals surface area contributed by atoms with Crippen LogP contribution in [0.3, 0.4) is 0 Å². The van der Waals surface area contributed by atoms with Gasteiger partial charge in [0.15, 0.2) is 0 Å². The van der Waals surface area contributed by atoms with E-state index in [0.29, 0.717) is 18.0 Å². The molecule has 2 saturated carbocycles. The number of halogens is 2. The lowest BCUT2D eigenvalue weighted by Gasteiger charge is -2.30. The number of carbonyl (C=O) groups is 2. The van der Waals surface area contributed by atoms with Gasteiger partial charge < -0.3 is 16.0 Å². The molecule has 2 aliphatic carbocycles. The summed E-state index contributed by atoms with van der Waals surface area (Å²) in [5.74, 6) is -2.78. The summed E-state index contributed by atoms with van der Waals surface area (Å²) in [6, 6.07) is 5.40. The average Bonchev–Trinajstić information content (AvgIpc) is 3.51. The number of carbonyl (C=O) groups excluding carboxylic acids is 2. The van der Waals surface area contributed by atoms with Crippen molar-refractivity contribution in [2.75, 3.05) is 18.0 Å². The average molecular weight is 391 g/mol. The van der Waals surface area contributed by atoms with Crippen molar-refractivity contribution in [2.24, 2.45) is 11.7 Å². The fourth-order valence-electron chi connectivity index (χ4n) is 4.34. The van der Waals surface area contributed by atoms with E-state index in [4.69, 9.17) is 5.73 Å². The molecule has 1 aromatic rings. The lowest BCUT2D eigenvalue weighted by Crippen LogP contribution is -2.50. The van der Waals surface area contributed by atoms with Crippen LogP contribution in [-0.2, 0) is 4.79 Å². The van der Waals surface area contributed by atoms with Crippen molar-refractivity contribution in [3.05, 3.63) is 29.3 Å². The smallest absolute Gasteiger partial charge is 0.266 e. The first kappa shape index (κ1) is 19.2. The van der Waals surface area contributed by atoms with Crippen LogP contribution in [0.1, 0.15) is 67.3 Å². The number of amides is 2. The van der Waals surface area contributed by atoms with Crippen molar-refractivity contribution in [1.29, 1.82) is 0 Å². The Labute approximate surface area is 163 Å². The van der Waals surface area contributed by atoms with Crippen LogP contribution >= 0.6 is 0 Å². The van der Waals surface area contributed by atoms with Gasteiger partial charge in [0.25, 0.3) is 11.8 Å². The Morgan fingerprint density at radius 3 is 2.54 bits per heavy atom. The SMILES string of the molecule is C[C@](CC(N)=O)(NC(=O)c1ccc(C2CC2)c(N2CCC(F)(F)C2)c1)C1CC1. The summed E-state index contributed by atoms with van der Waals surface area (Å²) in [6.07, 6.45) is 3.96. The number of nitrogens with zero attached hydrogens (tertiary/aromatic N) is 1. The molecular weight excluding hydrogens is 364 g/mol. The molecule has 0 spiro atoms. The molecular formula is C21H27F2N3O2. The Bertz CT molecular complexity index is 805. The van der Waals surface area contributed by atoms with E-state index in [-0.39, 0.29) is 31.2 Å². The van der Waals surface area contributed by atoms with Gasteiger partial charge in [-0.15, -0.1) is 0 Å². The highest BCUT2D eigenvalue weighted by molar-refractivity contribution is 5.96. The molecule has 0 aromatic heterocycles. The van der Waals surface area contributed by atoms with Crippen molar-refractivity contribution in [3.8, 4) is 0 Å². The first-order chi connectivity index (χ1) is 13.2. The number of hydrogen-bond donors (Lipinski definition) is 2. The third kappa shape index (κ3) is 3.98. The predicted octanol–water partition coefficient (Wildman–Crippen LogP) is 3.18. The van der Waals surface area contributed by atoms with Crippen molar-refractivity contribution in [3.63, 3.8) is 0 Å². The molecule has 1 heterocycles. The number of nitrogens with one attached hydrogen (secondary N) is 1. The van der Waals surface area contributed by atoms with Gasteiger partial charge in [0.1, 0.15) is 0 Å². The minimum atomic E-state index is -2.69. The second-order valence-corrected chi connectivity index (χ2v) is 8.86. The van der Waals surface area contributed by atoms with Crippen LogP contribution in [0.2, 0.25) is 0 Å². The molecule has 0 unspecified atom stereocenters. The van der Waals surface area contributed by atoms with E-state index < -0.39 is 17.4 Å². The Hall–Kier alpha value is -2.18. The van der Waals surface area contributed by atoms with Gasteiger partial charge in [-0.1, -0.05) is 6.07 Å². The largest absolute Gasteiger partial charge is 0.370 e. The zero-order chi connectivity index (χ0) is 20.1. The number of alkyl halides is 2. The number of nitrogens with two attached hydrogens (primary N) is 1. The van der Waals surface area contributed by atoms with Crippen molar-refractivity contribution < 1.29 is 18.4 Å². The van der Waals surface area contributed by atoms with E-state index in [9.17, 15) is 18.4 Å². The van der Waals surface area contributed by atoms with Gasteiger partial charge in [0.2, 0.25) is 5.91 Å². The summed E-state index contributed by atoms with van der Waals surface area (Å²) < 4.78 is 27.5. The number of hydrogen-bond acceptors (Lipinski definition) is 3. The molecule has 1 aromatic carbocycles. The lowest BCUT2D eigenvalue weighted by molar-refractivity contribution is -0.119. The number of anilines is 1. The summed E-state index contributed by atoms with van der Waals surface area (Å²) >= 11 is 0. The van der Waals surface area contributed by atoms with E-state index in [1.54, 1.807) is 17.0 Å². The van der Waals surface area contributed by atoms with Crippen molar-refractivity contribution in [2.45, 2.75) is 62.8 Å². The van der Waals surface area contributed by atoms with Gasteiger partial charge in [-0.25, -0.2) is 8.78 Å². The zero-order valence-corrected chi connectivity index (χ0v) is 16.1. The monoisotopic (exact) mass is 391 g/mol. The van der Waals surface area contributed by atoms with Crippen LogP contribution in [0.4, 0.5) is 14.5 Å². The minimum Gasteiger partial charge on any atom is -0.370 e. The topological polar surface area (TPSA) is 75.4 Å². The van der Waals surface area contributed by atoms with Crippen LogP contribution < -0.4 is 16.0 Å². The molecule has 152 valence electrons. The maximum Gasteiger partial charge on any atom is 0.266 e. The first-order valence-corrected chi connectivity index (χ1v) is 10.0. The van der Waals surface area contributed by atoms with E-state index in [2.05, 4.69) is 5.32 Å². The number of primary amides is 1. The second-order valence-electron chi connectivity index (χ2n) is 8.86. The van der Waals surface area contributed by atoms with Crippen LogP contribution in [-0.4, -0.2) is 36.4 Å². The molecule has 1 saturated heterocycles. The molecule has 3 N–H and O–H groups in total. The molecule has 1 atom stereocenters. The summed E-state index contributed by atoms with van der Waals surface area (Å²) in [5, 5.41) is 2.99. The number of rotatable bonds is 7. The van der Waals surface area contributed by atoms with Gasteiger partial charge in [-0.2, -0.15) is 0 Å². The Morgan fingerprint density at radius 2 is 2.00 bits per heavy atom. The fraction of sp³-hybridized carbons (Fsp3) is 0.619. The maximum absolute atomic E-state index is 13.8. The first-order valence-electron chi connectivity index (χ1n) is 10.0. The number of benzene rings is 1. The summed E-state index contributed by atoms with van der Waals surface area (Å²) in [4.78, 5) is 26.1. The van der Waals surface area contributed by atoms with Crippen LogP contribution in [0.15, 0.2) is 18.2 Å². The Balaban J connectivity index is 1.58. The molecule has 28 heavy (non-hydrogen) atoms. The van der Waals surface area contributed by atoms with E-state index in [1.807, 2.05) is 13.0 Å². The summed E-state index contributed by atoms with van der Waals surface area (Å²) in [5.41, 5.74) is 6.95. The molecule has 3 fully saturated rings. The van der Waals surface area contributed by atoms with E-state index >= 15 is 0 Å². The minimum absolute atomic E-state index is 0.0920. The maximum atomic E-state index is 13.8. The summed E-state index contributed by atoms with van der Waals surface area (Å²) in [7, 11) is 0. The van der Waals surface area contributed by atoms with E-state index in [1.165, 1.54) is 0 Å². The Kier molecular flexibility index (Phi) is 4.59. The predicted molar refractivity (Wildman–Crippen MR) is 103 cm³/mol. The standard InChI is InChI=1S/C21H27F2N3O2/c1-20(11-18(24)27,15-5-6-15)25-19(28)14-4-7-16(13-2-3-13)17(10-14)26-9-8-21(22,23)12-26/h4,7,10,13,15H,2-3,5-6,8-9,11-12H2,1H3,(H2,24,27)(H,25,28)/t20-/m1/s1. The molecule has 5 nitrogen and oxygen atoms in total. The molecule has 1 aliphatic heterocycles. The van der Waals surface area contributed by atoms with Crippen molar-refractivity contribution >= 4 is 17.5 Å².